The Morgan fingerprint density at radius 3 is 2.37 bits per heavy atom. The van der Waals surface area contributed by atoms with Gasteiger partial charge in [-0.1, -0.05) is 51.1 Å². The Labute approximate surface area is 183 Å². The minimum absolute atomic E-state index is 0. The first-order valence-corrected chi connectivity index (χ1v) is 9.85. The summed E-state index contributed by atoms with van der Waals surface area (Å²) in [6.45, 7) is 11.9. The molecule has 27 heavy (non-hydrogen) atoms. The molecule has 7 heteroatoms. The zero-order valence-corrected chi connectivity index (χ0v) is 19.9. The number of hydrogen-bond acceptors (Lipinski definition) is 4. The molecule has 0 spiro atoms. The largest absolute Gasteiger partial charge is 0.384 e. The van der Waals surface area contributed by atoms with Crippen molar-refractivity contribution in [2.24, 2.45) is 4.99 Å². The van der Waals surface area contributed by atoms with Crippen LogP contribution in [0.5, 0.6) is 0 Å². The van der Waals surface area contributed by atoms with Gasteiger partial charge in [-0.2, -0.15) is 0 Å². The molecule has 0 aliphatic rings. The van der Waals surface area contributed by atoms with E-state index in [4.69, 9.17) is 0 Å². The van der Waals surface area contributed by atoms with Gasteiger partial charge in [0, 0.05) is 17.3 Å². The number of nitrogens with zero attached hydrogens (tertiary/aromatic N) is 2. The molecule has 150 valence electrons. The van der Waals surface area contributed by atoms with E-state index in [2.05, 4.69) is 46.8 Å². The van der Waals surface area contributed by atoms with Crippen molar-refractivity contribution in [2.45, 2.75) is 52.2 Å². The highest BCUT2D eigenvalue weighted by Crippen LogP contribution is 2.24. The highest BCUT2D eigenvalue weighted by Gasteiger charge is 2.23. The van der Waals surface area contributed by atoms with Crippen LogP contribution in [0.4, 0.5) is 0 Å². The maximum atomic E-state index is 10.7. The van der Waals surface area contributed by atoms with Gasteiger partial charge in [0.2, 0.25) is 0 Å². The minimum Gasteiger partial charge on any atom is -0.384 e. The predicted octanol–water partition coefficient (Wildman–Crippen LogP) is 4.02. The molecule has 1 heterocycles. The molecule has 0 saturated carbocycles. The van der Waals surface area contributed by atoms with Crippen LogP contribution in [0.25, 0.3) is 0 Å². The Bertz CT molecular complexity index is 723. The van der Waals surface area contributed by atoms with Crippen LogP contribution in [0.15, 0.2) is 40.7 Å². The molecule has 0 bridgehead atoms. The van der Waals surface area contributed by atoms with Gasteiger partial charge in [0.15, 0.2) is 5.96 Å². The van der Waals surface area contributed by atoms with Crippen LogP contribution in [0.3, 0.4) is 0 Å². The molecule has 2 rings (SSSR count). The van der Waals surface area contributed by atoms with Crippen molar-refractivity contribution in [3.05, 3.63) is 52.0 Å². The van der Waals surface area contributed by atoms with Crippen molar-refractivity contribution in [1.82, 2.24) is 15.6 Å². The molecule has 1 aromatic heterocycles. The second-order valence-electron chi connectivity index (χ2n) is 7.57. The summed E-state index contributed by atoms with van der Waals surface area (Å²) < 4.78 is 0. The van der Waals surface area contributed by atoms with Crippen LogP contribution in [0.2, 0.25) is 0 Å². The first-order chi connectivity index (χ1) is 12.2. The lowest BCUT2D eigenvalue weighted by atomic mass is 9.93. The standard InChI is InChI=1S/C20H30N4OS.HI/c1-6-21-18(22-12-17-24-16(13-26-17)19(2,3)4)23-14-20(5,25)15-10-8-7-9-11-15;/h7-11,13,25H,6,12,14H2,1-5H3,(H2,21,22,23);1H. The van der Waals surface area contributed by atoms with E-state index in [0.717, 1.165) is 22.8 Å². The molecule has 3 N–H and O–H groups in total. The third-order valence-electron chi connectivity index (χ3n) is 4.03. The van der Waals surface area contributed by atoms with Gasteiger partial charge in [0.1, 0.15) is 10.6 Å². The second-order valence-corrected chi connectivity index (χ2v) is 8.51. The third-order valence-corrected chi connectivity index (χ3v) is 4.87. The lowest BCUT2D eigenvalue weighted by Gasteiger charge is -2.25. The van der Waals surface area contributed by atoms with E-state index < -0.39 is 5.60 Å². The minimum atomic E-state index is -0.974. The highest BCUT2D eigenvalue weighted by molar-refractivity contribution is 14.0. The average molecular weight is 502 g/mol. The summed E-state index contributed by atoms with van der Waals surface area (Å²) in [5.74, 6) is 0.677. The molecule has 2 aromatic rings. The molecule has 0 radical (unpaired) electrons. The Kier molecular flexibility index (Phi) is 9.17. The number of thiazole rings is 1. The van der Waals surface area contributed by atoms with Crippen molar-refractivity contribution in [3.8, 4) is 0 Å². The normalized spacial score (nSPS) is 14.2. The van der Waals surface area contributed by atoms with Crippen molar-refractivity contribution in [3.63, 3.8) is 0 Å². The van der Waals surface area contributed by atoms with E-state index in [1.165, 1.54) is 0 Å². The number of halogens is 1. The van der Waals surface area contributed by atoms with E-state index in [1.54, 1.807) is 18.3 Å². The monoisotopic (exact) mass is 502 g/mol. The smallest absolute Gasteiger partial charge is 0.191 e. The van der Waals surface area contributed by atoms with Crippen molar-refractivity contribution in [2.75, 3.05) is 13.1 Å². The Balaban J connectivity index is 0.00000364. The lowest BCUT2D eigenvalue weighted by molar-refractivity contribution is 0.0617. The number of aliphatic hydroxyl groups is 1. The fourth-order valence-electron chi connectivity index (χ4n) is 2.37. The highest BCUT2D eigenvalue weighted by atomic mass is 127. The summed E-state index contributed by atoms with van der Waals surface area (Å²) >= 11 is 1.63. The number of rotatable bonds is 6. The van der Waals surface area contributed by atoms with Gasteiger partial charge < -0.3 is 15.7 Å². The average Bonchev–Trinajstić information content (AvgIpc) is 3.07. The first kappa shape index (κ1) is 23.8. The Morgan fingerprint density at radius 2 is 1.81 bits per heavy atom. The molecule has 1 aromatic carbocycles. The van der Waals surface area contributed by atoms with Gasteiger partial charge in [-0.15, -0.1) is 35.3 Å². The number of aliphatic imine (C=N–C) groups is 1. The van der Waals surface area contributed by atoms with E-state index in [-0.39, 0.29) is 29.4 Å². The van der Waals surface area contributed by atoms with E-state index in [9.17, 15) is 5.11 Å². The Morgan fingerprint density at radius 1 is 1.15 bits per heavy atom. The molecule has 1 atom stereocenters. The Hall–Kier alpha value is -1.19. The fraction of sp³-hybridized carbons (Fsp3) is 0.500. The SMILES string of the molecule is CCNC(=NCc1nc(C(C)(C)C)cs1)NCC(C)(O)c1ccccc1.I. The summed E-state index contributed by atoms with van der Waals surface area (Å²) in [5.41, 5.74) is 1.05. The summed E-state index contributed by atoms with van der Waals surface area (Å²) in [6, 6.07) is 9.65. The molecule has 5 nitrogen and oxygen atoms in total. The van der Waals surface area contributed by atoms with E-state index in [1.807, 2.05) is 37.3 Å². The molecule has 0 aliphatic heterocycles. The van der Waals surface area contributed by atoms with Gasteiger partial charge in [-0.05, 0) is 19.4 Å². The maximum absolute atomic E-state index is 10.7. The molecule has 1 unspecified atom stereocenters. The van der Waals surface area contributed by atoms with Crippen LogP contribution in [0.1, 0.15) is 50.9 Å². The molecular formula is C20H31IN4OS. The summed E-state index contributed by atoms with van der Waals surface area (Å²) in [7, 11) is 0. The van der Waals surface area contributed by atoms with E-state index in [0.29, 0.717) is 19.0 Å². The van der Waals surface area contributed by atoms with Crippen molar-refractivity contribution >= 4 is 41.3 Å². The zero-order valence-electron chi connectivity index (χ0n) is 16.7. The predicted molar refractivity (Wildman–Crippen MR) is 125 cm³/mol. The number of aromatic nitrogens is 1. The number of hydrogen-bond donors (Lipinski definition) is 3. The third kappa shape index (κ3) is 7.38. The van der Waals surface area contributed by atoms with Crippen LogP contribution in [-0.2, 0) is 17.6 Å². The quantitative estimate of drug-likeness (QED) is 0.317. The van der Waals surface area contributed by atoms with Crippen LogP contribution < -0.4 is 10.6 Å². The maximum Gasteiger partial charge on any atom is 0.191 e. The number of nitrogens with one attached hydrogen (secondary N) is 2. The summed E-state index contributed by atoms with van der Waals surface area (Å²) in [5, 5.41) is 20.3. The van der Waals surface area contributed by atoms with E-state index >= 15 is 0 Å². The topological polar surface area (TPSA) is 69.5 Å². The molecular weight excluding hydrogens is 471 g/mol. The molecule has 0 fully saturated rings. The molecule has 0 amide bonds. The molecule has 0 aliphatic carbocycles. The van der Waals surface area contributed by atoms with Crippen molar-refractivity contribution in [1.29, 1.82) is 0 Å². The van der Waals surface area contributed by atoms with Gasteiger partial charge in [-0.3, -0.25) is 0 Å². The summed E-state index contributed by atoms with van der Waals surface area (Å²) in [6.07, 6.45) is 0. The number of guanidine groups is 1. The van der Waals surface area contributed by atoms with Gasteiger partial charge in [0.25, 0.3) is 0 Å². The summed E-state index contributed by atoms with van der Waals surface area (Å²) in [4.78, 5) is 9.28. The zero-order chi connectivity index (χ0) is 19.2. The van der Waals surface area contributed by atoms with Gasteiger partial charge in [-0.25, -0.2) is 9.98 Å². The fourth-order valence-corrected chi connectivity index (χ4v) is 3.32. The number of benzene rings is 1. The van der Waals surface area contributed by atoms with Crippen LogP contribution in [-0.4, -0.2) is 29.1 Å². The second kappa shape index (κ2) is 10.4. The van der Waals surface area contributed by atoms with Crippen LogP contribution >= 0.6 is 35.3 Å². The van der Waals surface area contributed by atoms with Crippen molar-refractivity contribution < 1.29 is 5.11 Å². The van der Waals surface area contributed by atoms with Crippen LogP contribution in [0, 0.1) is 0 Å². The lowest BCUT2D eigenvalue weighted by Crippen LogP contribution is -2.44. The van der Waals surface area contributed by atoms with Gasteiger partial charge >= 0.3 is 0 Å². The first-order valence-electron chi connectivity index (χ1n) is 8.97. The van der Waals surface area contributed by atoms with Gasteiger partial charge in [0.05, 0.1) is 18.8 Å². The molecule has 0 saturated heterocycles.